The van der Waals surface area contributed by atoms with Gasteiger partial charge in [-0.1, -0.05) is 19.1 Å². The Bertz CT molecular complexity index is 428. The number of benzene rings is 1. The molecule has 1 aliphatic carbocycles. The first kappa shape index (κ1) is 14.1. The van der Waals surface area contributed by atoms with Gasteiger partial charge in [0.25, 0.3) is 0 Å². The molecule has 0 unspecified atom stereocenters. The van der Waals surface area contributed by atoms with Gasteiger partial charge in [0.15, 0.2) is 5.11 Å². The van der Waals surface area contributed by atoms with Gasteiger partial charge in [-0.3, -0.25) is 0 Å². The minimum Gasteiger partial charge on any atom is -0.495 e. The summed E-state index contributed by atoms with van der Waals surface area (Å²) in [4.78, 5) is 0. The molecule has 0 amide bonds. The van der Waals surface area contributed by atoms with Crippen LogP contribution in [0.2, 0.25) is 0 Å². The lowest BCUT2D eigenvalue weighted by Crippen LogP contribution is -2.39. The number of hydrogen-bond donors (Lipinski definition) is 2. The molecule has 19 heavy (non-hydrogen) atoms. The second-order valence-electron chi connectivity index (χ2n) is 5.26. The fourth-order valence-corrected chi connectivity index (χ4v) is 2.77. The summed E-state index contributed by atoms with van der Waals surface area (Å²) < 4.78 is 5.30. The highest BCUT2D eigenvalue weighted by Crippen LogP contribution is 2.25. The predicted molar refractivity (Wildman–Crippen MR) is 83.8 cm³/mol. The standard InChI is InChI=1S/C15H22N2OS/c1-11-7-9-12(10-8-11)16-15(19)17-13-5-3-4-6-14(13)18-2/h3-6,11-12H,7-10H2,1-2H3,(H2,16,17,19). The topological polar surface area (TPSA) is 33.3 Å². The van der Waals surface area contributed by atoms with E-state index in [1.165, 1.54) is 25.7 Å². The molecule has 0 aliphatic heterocycles. The number of anilines is 1. The van der Waals surface area contributed by atoms with E-state index in [0.29, 0.717) is 11.2 Å². The van der Waals surface area contributed by atoms with Gasteiger partial charge in [0, 0.05) is 6.04 Å². The summed E-state index contributed by atoms with van der Waals surface area (Å²) in [5.74, 6) is 1.66. The highest BCUT2D eigenvalue weighted by molar-refractivity contribution is 7.80. The number of nitrogens with one attached hydrogen (secondary N) is 2. The molecule has 1 aromatic rings. The smallest absolute Gasteiger partial charge is 0.171 e. The summed E-state index contributed by atoms with van der Waals surface area (Å²) in [6, 6.07) is 8.31. The van der Waals surface area contributed by atoms with E-state index in [2.05, 4.69) is 17.6 Å². The van der Waals surface area contributed by atoms with Gasteiger partial charge in [-0.2, -0.15) is 0 Å². The summed E-state index contributed by atoms with van der Waals surface area (Å²) >= 11 is 5.38. The van der Waals surface area contributed by atoms with Crippen molar-refractivity contribution in [3.8, 4) is 5.75 Å². The van der Waals surface area contributed by atoms with Crippen LogP contribution in [0.25, 0.3) is 0 Å². The third-order valence-corrected chi connectivity index (χ3v) is 3.93. The number of hydrogen-bond acceptors (Lipinski definition) is 2. The first-order chi connectivity index (χ1) is 9.19. The van der Waals surface area contributed by atoms with Crippen LogP contribution in [0.3, 0.4) is 0 Å². The van der Waals surface area contributed by atoms with Crippen molar-refractivity contribution in [2.24, 2.45) is 5.92 Å². The molecule has 1 saturated carbocycles. The lowest BCUT2D eigenvalue weighted by molar-refractivity contribution is 0.332. The molecule has 2 N–H and O–H groups in total. The fraction of sp³-hybridized carbons (Fsp3) is 0.533. The number of ether oxygens (including phenoxy) is 1. The van der Waals surface area contributed by atoms with Crippen molar-refractivity contribution in [2.45, 2.75) is 38.6 Å². The molecule has 104 valence electrons. The van der Waals surface area contributed by atoms with Crippen molar-refractivity contribution in [3.63, 3.8) is 0 Å². The van der Waals surface area contributed by atoms with Crippen LogP contribution in [0.4, 0.5) is 5.69 Å². The Morgan fingerprint density at radius 1 is 1.21 bits per heavy atom. The van der Waals surface area contributed by atoms with Crippen LogP contribution < -0.4 is 15.4 Å². The minimum absolute atomic E-state index is 0.505. The minimum atomic E-state index is 0.505. The molecule has 2 rings (SSSR count). The Balaban J connectivity index is 1.87. The molecule has 0 spiro atoms. The molecule has 0 aromatic heterocycles. The van der Waals surface area contributed by atoms with Gasteiger partial charge in [-0.05, 0) is 56.0 Å². The number of rotatable bonds is 3. The Labute approximate surface area is 120 Å². The Kier molecular flexibility index (Phi) is 5.02. The number of methoxy groups -OCH3 is 1. The van der Waals surface area contributed by atoms with E-state index in [0.717, 1.165) is 17.4 Å². The molecule has 4 heteroatoms. The summed E-state index contributed by atoms with van der Waals surface area (Å²) in [6.07, 6.45) is 4.98. The second kappa shape index (κ2) is 6.75. The summed E-state index contributed by atoms with van der Waals surface area (Å²) in [6.45, 7) is 2.32. The van der Waals surface area contributed by atoms with Crippen LogP contribution in [-0.2, 0) is 0 Å². The second-order valence-corrected chi connectivity index (χ2v) is 5.66. The average Bonchev–Trinajstić information content (AvgIpc) is 2.42. The zero-order valence-corrected chi connectivity index (χ0v) is 12.4. The molecular weight excluding hydrogens is 256 g/mol. The van der Waals surface area contributed by atoms with E-state index in [1.807, 2.05) is 24.3 Å². The van der Waals surface area contributed by atoms with E-state index >= 15 is 0 Å². The van der Waals surface area contributed by atoms with E-state index in [4.69, 9.17) is 17.0 Å². The van der Waals surface area contributed by atoms with E-state index < -0.39 is 0 Å². The van der Waals surface area contributed by atoms with Crippen molar-refractivity contribution in [1.29, 1.82) is 0 Å². The van der Waals surface area contributed by atoms with Crippen LogP contribution >= 0.6 is 12.2 Å². The van der Waals surface area contributed by atoms with Gasteiger partial charge in [0.1, 0.15) is 5.75 Å². The monoisotopic (exact) mass is 278 g/mol. The quantitative estimate of drug-likeness (QED) is 0.828. The van der Waals surface area contributed by atoms with Gasteiger partial charge < -0.3 is 15.4 Å². The van der Waals surface area contributed by atoms with Crippen molar-refractivity contribution < 1.29 is 4.74 Å². The Morgan fingerprint density at radius 2 is 1.89 bits per heavy atom. The van der Waals surface area contributed by atoms with Gasteiger partial charge in [0.2, 0.25) is 0 Å². The first-order valence-electron chi connectivity index (χ1n) is 6.89. The molecule has 3 nitrogen and oxygen atoms in total. The average molecular weight is 278 g/mol. The summed E-state index contributed by atoms with van der Waals surface area (Å²) in [5.41, 5.74) is 0.909. The number of thiocarbonyl (C=S) groups is 1. The van der Waals surface area contributed by atoms with Crippen molar-refractivity contribution in [1.82, 2.24) is 5.32 Å². The fourth-order valence-electron chi connectivity index (χ4n) is 2.50. The summed E-state index contributed by atoms with van der Waals surface area (Å²) in [5, 5.41) is 7.30. The molecule has 0 atom stereocenters. The van der Waals surface area contributed by atoms with Crippen molar-refractivity contribution in [2.75, 3.05) is 12.4 Å². The zero-order chi connectivity index (χ0) is 13.7. The van der Waals surface area contributed by atoms with Crippen molar-refractivity contribution >= 4 is 23.0 Å². The highest BCUT2D eigenvalue weighted by Gasteiger charge is 2.18. The van der Waals surface area contributed by atoms with Gasteiger partial charge >= 0.3 is 0 Å². The molecule has 1 aromatic carbocycles. The lowest BCUT2D eigenvalue weighted by atomic mass is 9.87. The van der Waals surface area contributed by atoms with Gasteiger partial charge in [-0.25, -0.2) is 0 Å². The normalized spacial score (nSPS) is 22.6. The maximum atomic E-state index is 5.38. The lowest BCUT2D eigenvalue weighted by Gasteiger charge is -2.28. The zero-order valence-electron chi connectivity index (χ0n) is 11.6. The molecule has 0 radical (unpaired) electrons. The predicted octanol–water partition coefficient (Wildman–Crippen LogP) is 3.56. The van der Waals surface area contributed by atoms with Gasteiger partial charge in [-0.15, -0.1) is 0 Å². The maximum absolute atomic E-state index is 5.38. The first-order valence-corrected chi connectivity index (χ1v) is 7.30. The Hall–Kier alpha value is -1.29. The molecule has 0 saturated heterocycles. The SMILES string of the molecule is COc1ccccc1NC(=S)NC1CCC(C)CC1. The van der Waals surface area contributed by atoms with Crippen molar-refractivity contribution in [3.05, 3.63) is 24.3 Å². The van der Waals surface area contributed by atoms with Crippen LogP contribution in [0.1, 0.15) is 32.6 Å². The van der Waals surface area contributed by atoms with Gasteiger partial charge in [0.05, 0.1) is 12.8 Å². The maximum Gasteiger partial charge on any atom is 0.171 e. The van der Waals surface area contributed by atoms with E-state index in [-0.39, 0.29) is 0 Å². The third-order valence-electron chi connectivity index (χ3n) is 3.71. The number of para-hydroxylation sites is 2. The largest absolute Gasteiger partial charge is 0.495 e. The van der Waals surface area contributed by atoms with Crippen LogP contribution in [0.5, 0.6) is 5.75 Å². The van der Waals surface area contributed by atoms with E-state index in [1.54, 1.807) is 7.11 Å². The third kappa shape index (κ3) is 4.10. The molecule has 1 aliphatic rings. The highest BCUT2D eigenvalue weighted by atomic mass is 32.1. The van der Waals surface area contributed by atoms with Crippen LogP contribution in [0.15, 0.2) is 24.3 Å². The molecule has 0 heterocycles. The van der Waals surface area contributed by atoms with E-state index in [9.17, 15) is 0 Å². The van der Waals surface area contributed by atoms with Crippen LogP contribution in [0, 0.1) is 5.92 Å². The molecular formula is C15H22N2OS. The molecule has 1 fully saturated rings. The Morgan fingerprint density at radius 3 is 2.58 bits per heavy atom. The molecule has 0 bridgehead atoms. The summed E-state index contributed by atoms with van der Waals surface area (Å²) in [7, 11) is 1.67. The van der Waals surface area contributed by atoms with Crippen LogP contribution in [-0.4, -0.2) is 18.3 Å².